The van der Waals surface area contributed by atoms with Gasteiger partial charge in [-0.1, -0.05) is 76.9 Å². The highest BCUT2D eigenvalue weighted by Gasteiger charge is 2.34. The molecule has 2 atom stereocenters. The number of nitrogens with zero attached hydrogens (tertiary/aromatic N) is 2. The molecule has 11 heteroatoms. The third-order valence-corrected chi connectivity index (χ3v) is 8.46. The molecule has 0 aliphatic carbocycles. The minimum Gasteiger partial charge on any atom is -0.495 e. The first-order valence-corrected chi connectivity index (χ1v) is 16.1. The van der Waals surface area contributed by atoms with E-state index in [0.29, 0.717) is 6.42 Å². The van der Waals surface area contributed by atoms with Crippen molar-refractivity contribution < 1.29 is 22.7 Å². The van der Waals surface area contributed by atoms with Gasteiger partial charge in [0.1, 0.15) is 18.3 Å². The molecule has 3 aromatic carbocycles. The molecule has 0 saturated heterocycles. The van der Waals surface area contributed by atoms with Crippen molar-refractivity contribution in [3.05, 3.63) is 93.4 Å². The van der Waals surface area contributed by atoms with Gasteiger partial charge in [-0.3, -0.25) is 13.9 Å². The third-order valence-electron chi connectivity index (χ3n) is 6.60. The molecule has 2 amide bonds. The fourth-order valence-electron chi connectivity index (χ4n) is 4.28. The van der Waals surface area contributed by atoms with Crippen LogP contribution in [0.4, 0.5) is 5.69 Å². The highest BCUT2D eigenvalue weighted by Crippen LogP contribution is 2.33. The Kier molecular flexibility index (Phi) is 11.6. The van der Waals surface area contributed by atoms with Gasteiger partial charge in [0.05, 0.1) is 19.1 Å². The van der Waals surface area contributed by atoms with Crippen LogP contribution in [0.5, 0.6) is 5.75 Å². The number of hydrogen-bond donors (Lipinski definition) is 1. The van der Waals surface area contributed by atoms with E-state index in [2.05, 4.69) is 21.2 Å². The maximum absolute atomic E-state index is 14.2. The summed E-state index contributed by atoms with van der Waals surface area (Å²) in [5.41, 5.74) is 1.76. The summed E-state index contributed by atoms with van der Waals surface area (Å²) in [6.07, 6.45) is 1.96. The molecule has 0 fully saturated rings. The molecule has 220 valence electrons. The number of methoxy groups -OCH3 is 1. The van der Waals surface area contributed by atoms with Crippen molar-refractivity contribution in [2.45, 2.75) is 45.3 Å². The zero-order valence-corrected chi connectivity index (χ0v) is 26.7. The van der Waals surface area contributed by atoms with Crippen LogP contribution in [-0.4, -0.2) is 57.1 Å². The first-order valence-electron chi connectivity index (χ1n) is 13.1. The molecule has 8 nitrogen and oxygen atoms in total. The second-order valence-electron chi connectivity index (χ2n) is 9.76. The van der Waals surface area contributed by atoms with E-state index >= 15 is 0 Å². The van der Waals surface area contributed by atoms with Crippen molar-refractivity contribution >= 4 is 55.1 Å². The van der Waals surface area contributed by atoms with E-state index < -0.39 is 28.5 Å². The highest BCUT2D eigenvalue weighted by molar-refractivity contribution is 9.10. The number of halogens is 2. The van der Waals surface area contributed by atoms with Gasteiger partial charge in [0.2, 0.25) is 21.8 Å². The Hall–Kier alpha value is -3.08. The van der Waals surface area contributed by atoms with Gasteiger partial charge >= 0.3 is 0 Å². The average molecular weight is 665 g/mol. The van der Waals surface area contributed by atoms with Crippen molar-refractivity contribution in [1.82, 2.24) is 10.2 Å². The SMILES string of the molecule is CC[C@H](C)NC(=O)[C@H](Cc1ccccc1)N(Cc1cccc(Br)c1)C(=O)CN(c1cc(Cl)ccc1OC)S(C)(=O)=O. The van der Waals surface area contributed by atoms with Crippen molar-refractivity contribution in [2.75, 3.05) is 24.2 Å². The molecule has 0 aliphatic rings. The van der Waals surface area contributed by atoms with Gasteiger partial charge in [-0.2, -0.15) is 0 Å². The molecule has 0 aliphatic heterocycles. The maximum Gasteiger partial charge on any atom is 0.244 e. The number of amides is 2. The summed E-state index contributed by atoms with van der Waals surface area (Å²) in [7, 11) is -2.56. The Morgan fingerprint density at radius 3 is 2.32 bits per heavy atom. The van der Waals surface area contributed by atoms with Gasteiger partial charge in [0, 0.05) is 28.5 Å². The van der Waals surface area contributed by atoms with E-state index in [1.807, 2.05) is 68.4 Å². The van der Waals surface area contributed by atoms with E-state index in [9.17, 15) is 18.0 Å². The molecule has 0 unspecified atom stereocenters. The Balaban J connectivity index is 2.10. The molecular formula is C30H35BrClN3O5S. The van der Waals surface area contributed by atoms with E-state index in [-0.39, 0.29) is 41.4 Å². The van der Waals surface area contributed by atoms with Gasteiger partial charge in [-0.15, -0.1) is 0 Å². The van der Waals surface area contributed by atoms with Gasteiger partial charge < -0.3 is 15.0 Å². The lowest BCUT2D eigenvalue weighted by molar-refractivity contribution is -0.140. The number of hydrogen-bond acceptors (Lipinski definition) is 5. The van der Waals surface area contributed by atoms with Crippen LogP contribution in [0.3, 0.4) is 0 Å². The van der Waals surface area contributed by atoms with Crippen LogP contribution in [0.15, 0.2) is 77.3 Å². The van der Waals surface area contributed by atoms with Crippen molar-refractivity contribution in [3.63, 3.8) is 0 Å². The molecule has 0 aromatic heterocycles. The zero-order chi connectivity index (χ0) is 30.2. The fourth-order valence-corrected chi connectivity index (χ4v) is 5.74. The smallest absolute Gasteiger partial charge is 0.244 e. The van der Waals surface area contributed by atoms with E-state index in [4.69, 9.17) is 16.3 Å². The number of rotatable bonds is 13. The normalized spacial score (nSPS) is 12.7. The third kappa shape index (κ3) is 9.21. The first kappa shape index (κ1) is 32.4. The predicted molar refractivity (Wildman–Crippen MR) is 167 cm³/mol. The lowest BCUT2D eigenvalue weighted by Crippen LogP contribution is -2.54. The number of anilines is 1. The molecule has 1 N–H and O–H groups in total. The summed E-state index contributed by atoms with van der Waals surface area (Å²) in [4.78, 5) is 29.4. The largest absolute Gasteiger partial charge is 0.495 e. The monoisotopic (exact) mass is 663 g/mol. The van der Waals surface area contributed by atoms with Gasteiger partial charge in [-0.25, -0.2) is 8.42 Å². The summed E-state index contributed by atoms with van der Waals surface area (Å²) in [6, 6.07) is 20.3. The quantitative estimate of drug-likeness (QED) is 0.263. The van der Waals surface area contributed by atoms with Crippen LogP contribution >= 0.6 is 27.5 Å². The van der Waals surface area contributed by atoms with Crippen molar-refractivity contribution in [3.8, 4) is 5.75 Å². The number of carbonyl (C=O) groups is 2. The molecular weight excluding hydrogens is 630 g/mol. The number of nitrogens with one attached hydrogen (secondary N) is 1. The fraction of sp³-hybridized carbons (Fsp3) is 0.333. The number of benzene rings is 3. The number of ether oxygens (including phenoxy) is 1. The minimum absolute atomic E-state index is 0.0774. The van der Waals surface area contributed by atoms with Gasteiger partial charge in [-0.05, 0) is 54.8 Å². The zero-order valence-electron chi connectivity index (χ0n) is 23.5. The number of sulfonamides is 1. The summed E-state index contributed by atoms with van der Waals surface area (Å²) in [5.74, 6) is -0.642. The Morgan fingerprint density at radius 2 is 1.71 bits per heavy atom. The molecule has 0 radical (unpaired) electrons. The maximum atomic E-state index is 14.2. The van der Waals surface area contributed by atoms with Crippen LogP contribution in [-0.2, 0) is 32.6 Å². The van der Waals surface area contributed by atoms with Crippen LogP contribution in [0, 0.1) is 0 Å². The molecule has 0 saturated carbocycles. The van der Waals surface area contributed by atoms with Crippen molar-refractivity contribution in [2.24, 2.45) is 0 Å². The van der Waals surface area contributed by atoms with Crippen LogP contribution in [0.1, 0.15) is 31.4 Å². The number of carbonyl (C=O) groups excluding carboxylic acids is 2. The first-order chi connectivity index (χ1) is 19.4. The second kappa shape index (κ2) is 14.7. The lowest BCUT2D eigenvalue weighted by atomic mass is 10.0. The van der Waals surface area contributed by atoms with E-state index in [1.165, 1.54) is 24.1 Å². The summed E-state index contributed by atoms with van der Waals surface area (Å²) in [6.45, 7) is 3.37. The summed E-state index contributed by atoms with van der Waals surface area (Å²) < 4.78 is 33.2. The molecule has 0 spiro atoms. The molecule has 3 aromatic rings. The average Bonchev–Trinajstić information content (AvgIpc) is 2.93. The molecule has 3 rings (SSSR count). The van der Waals surface area contributed by atoms with Crippen LogP contribution in [0.2, 0.25) is 5.02 Å². The molecule has 0 bridgehead atoms. The van der Waals surface area contributed by atoms with Crippen molar-refractivity contribution in [1.29, 1.82) is 0 Å². The van der Waals surface area contributed by atoms with Crippen LogP contribution in [0.25, 0.3) is 0 Å². The topological polar surface area (TPSA) is 96.0 Å². The van der Waals surface area contributed by atoms with E-state index in [1.54, 1.807) is 6.07 Å². The van der Waals surface area contributed by atoms with Crippen LogP contribution < -0.4 is 14.4 Å². The lowest BCUT2D eigenvalue weighted by Gasteiger charge is -2.34. The molecule has 41 heavy (non-hydrogen) atoms. The second-order valence-corrected chi connectivity index (χ2v) is 13.0. The predicted octanol–water partition coefficient (Wildman–Crippen LogP) is 5.43. The Morgan fingerprint density at radius 1 is 1.02 bits per heavy atom. The van der Waals surface area contributed by atoms with Gasteiger partial charge in [0.15, 0.2) is 0 Å². The summed E-state index contributed by atoms with van der Waals surface area (Å²) in [5, 5.41) is 3.29. The van der Waals surface area contributed by atoms with Gasteiger partial charge in [0.25, 0.3) is 0 Å². The minimum atomic E-state index is -3.96. The molecule has 0 heterocycles. The Bertz CT molecular complexity index is 1460. The highest BCUT2D eigenvalue weighted by atomic mass is 79.9. The standard InChI is InChI=1S/C30H35BrClN3O5S/c1-5-21(2)33-30(37)27(17-22-10-7-6-8-11-22)34(19-23-12-9-13-24(31)16-23)29(36)20-35(41(4,38)39)26-18-25(32)14-15-28(26)40-3/h6-16,18,21,27H,5,17,19-20H2,1-4H3,(H,33,37)/t21-,27-/m0/s1. The summed E-state index contributed by atoms with van der Waals surface area (Å²) >= 11 is 9.68. The van der Waals surface area contributed by atoms with E-state index in [0.717, 1.165) is 26.2 Å². The Labute approximate surface area is 255 Å².